The number of hydrogen-bond acceptors (Lipinski definition) is 4. The summed E-state index contributed by atoms with van der Waals surface area (Å²) >= 11 is 0. The van der Waals surface area contributed by atoms with Gasteiger partial charge in [0.2, 0.25) is 0 Å². The van der Waals surface area contributed by atoms with Crippen LogP contribution >= 0.6 is 0 Å². The zero-order valence-electron chi connectivity index (χ0n) is 10.8. The van der Waals surface area contributed by atoms with E-state index in [0.717, 1.165) is 6.42 Å². The van der Waals surface area contributed by atoms with E-state index in [0.29, 0.717) is 12.3 Å². The quantitative estimate of drug-likeness (QED) is 0.407. The van der Waals surface area contributed by atoms with Crippen molar-refractivity contribution in [1.82, 2.24) is 5.32 Å². The molecule has 100 valence electrons. The first-order chi connectivity index (χ1) is 7.92. The number of allylic oxidation sites excluding steroid dienone is 1. The van der Waals surface area contributed by atoms with Gasteiger partial charge in [0.25, 0.3) is 0 Å². The molecule has 2 atom stereocenters. The number of carbonyl (C=O) groups excluding carboxylic acids is 1. The van der Waals surface area contributed by atoms with Crippen LogP contribution in [0, 0.1) is 5.92 Å². The standard InChI is InChI=1S/C12H21NO4.Na.H/c1-5-8(3)11(12(15)16)13-9(4)7-10(14)17-6-2;;/h7-8,11,13H,5-6H2,1-4H3,(H,15,16);;/b9-7+;;/t8?,11-;;/m0../s1. The molecule has 5 nitrogen and oxygen atoms in total. The van der Waals surface area contributed by atoms with Crippen molar-refractivity contribution in [3.63, 3.8) is 0 Å². The fraction of sp³-hybridized carbons (Fsp3) is 0.667. The molecule has 1 unspecified atom stereocenters. The summed E-state index contributed by atoms with van der Waals surface area (Å²) in [6.45, 7) is 7.44. The van der Waals surface area contributed by atoms with Crippen LogP contribution in [0.25, 0.3) is 0 Å². The van der Waals surface area contributed by atoms with Crippen LogP contribution in [-0.2, 0) is 14.3 Å². The van der Waals surface area contributed by atoms with Gasteiger partial charge in [0.1, 0.15) is 6.04 Å². The normalized spacial score (nSPS) is 14.1. The van der Waals surface area contributed by atoms with Gasteiger partial charge in [-0.25, -0.2) is 9.59 Å². The zero-order chi connectivity index (χ0) is 13.4. The van der Waals surface area contributed by atoms with Gasteiger partial charge in [0, 0.05) is 11.8 Å². The molecule has 0 aromatic carbocycles. The zero-order valence-corrected chi connectivity index (χ0v) is 10.8. The number of carboxylic acid groups (broad SMARTS) is 1. The monoisotopic (exact) mass is 267 g/mol. The minimum absolute atomic E-state index is 0. The van der Waals surface area contributed by atoms with E-state index >= 15 is 0 Å². The maximum atomic E-state index is 11.2. The summed E-state index contributed by atoms with van der Waals surface area (Å²) in [6, 6.07) is -0.689. The summed E-state index contributed by atoms with van der Waals surface area (Å²) in [5, 5.41) is 11.9. The van der Waals surface area contributed by atoms with Gasteiger partial charge in [0.05, 0.1) is 6.61 Å². The molecule has 0 heterocycles. The molecule has 0 aliphatic carbocycles. The third kappa shape index (κ3) is 7.74. The number of ether oxygens (including phenoxy) is 1. The molecule has 0 bridgehead atoms. The van der Waals surface area contributed by atoms with Crippen molar-refractivity contribution in [2.45, 2.75) is 40.2 Å². The van der Waals surface area contributed by atoms with E-state index in [2.05, 4.69) is 5.32 Å². The summed E-state index contributed by atoms with van der Waals surface area (Å²) < 4.78 is 4.74. The van der Waals surface area contributed by atoms with Crippen molar-refractivity contribution in [3.8, 4) is 0 Å². The number of carboxylic acids is 1. The van der Waals surface area contributed by atoms with Gasteiger partial charge in [0.15, 0.2) is 0 Å². The van der Waals surface area contributed by atoms with Gasteiger partial charge >= 0.3 is 41.5 Å². The molecule has 0 amide bonds. The Balaban J connectivity index is 0. The SMILES string of the molecule is CCOC(=O)/C=C(\C)N[C@H](C(=O)O)C(C)CC.[NaH]. The Kier molecular flexibility index (Phi) is 11.5. The van der Waals surface area contributed by atoms with Gasteiger partial charge in [-0.1, -0.05) is 20.3 Å². The summed E-state index contributed by atoms with van der Waals surface area (Å²) in [6.07, 6.45) is 2.01. The second-order valence-electron chi connectivity index (χ2n) is 3.93. The van der Waals surface area contributed by atoms with Crippen LogP contribution in [0.4, 0.5) is 0 Å². The Bertz CT molecular complexity index is 304. The topological polar surface area (TPSA) is 75.6 Å². The molecular weight excluding hydrogens is 245 g/mol. The van der Waals surface area contributed by atoms with Gasteiger partial charge in [-0.3, -0.25) is 0 Å². The molecular formula is C12H22NNaO4. The summed E-state index contributed by atoms with van der Waals surface area (Å²) in [7, 11) is 0. The molecule has 0 spiro atoms. The van der Waals surface area contributed by atoms with E-state index in [1.165, 1.54) is 6.08 Å². The second-order valence-corrected chi connectivity index (χ2v) is 3.93. The molecule has 0 aromatic heterocycles. The van der Waals surface area contributed by atoms with E-state index in [1.54, 1.807) is 13.8 Å². The molecule has 0 saturated heterocycles. The van der Waals surface area contributed by atoms with Crippen LogP contribution < -0.4 is 5.32 Å². The average Bonchev–Trinajstić information content (AvgIpc) is 2.24. The third-order valence-corrected chi connectivity index (χ3v) is 2.48. The number of esters is 1. The van der Waals surface area contributed by atoms with E-state index in [-0.39, 0.29) is 35.5 Å². The molecule has 0 radical (unpaired) electrons. The molecule has 0 rings (SSSR count). The van der Waals surface area contributed by atoms with Crippen LogP contribution in [0.15, 0.2) is 11.8 Å². The van der Waals surface area contributed by atoms with Crippen LogP contribution in [0.1, 0.15) is 34.1 Å². The number of hydrogen-bond donors (Lipinski definition) is 2. The maximum absolute atomic E-state index is 11.2. The van der Waals surface area contributed by atoms with Crippen molar-refractivity contribution in [2.24, 2.45) is 5.92 Å². The summed E-state index contributed by atoms with van der Waals surface area (Å²) in [5.74, 6) is -1.40. The van der Waals surface area contributed by atoms with Crippen LogP contribution in [0.3, 0.4) is 0 Å². The molecule has 0 aliphatic rings. The number of rotatable bonds is 7. The van der Waals surface area contributed by atoms with E-state index in [9.17, 15) is 9.59 Å². The number of carbonyl (C=O) groups is 2. The summed E-state index contributed by atoms with van der Waals surface area (Å²) in [5.41, 5.74) is 0.496. The first-order valence-corrected chi connectivity index (χ1v) is 5.76. The van der Waals surface area contributed by atoms with Crippen LogP contribution in [0.5, 0.6) is 0 Å². The number of nitrogens with one attached hydrogen (secondary N) is 1. The minimum atomic E-state index is -0.920. The molecule has 0 fully saturated rings. The van der Waals surface area contributed by atoms with Gasteiger partial charge in [-0.15, -0.1) is 0 Å². The number of aliphatic carboxylic acids is 1. The van der Waals surface area contributed by atoms with Gasteiger partial charge < -0.3 is 15.2 Å². The van der Waals surface area contributed by atoms with E-state index < -0.39 is 18.0 Å². The fourth-order valence-electron chi connectivity index (χ4n) is 1.33. The summed E-state index contributed by atoms with van der Waals surface area (Å²) in [4.78, 5) is 22.2. The van der Waals surface area contributed by atoms with Gasteiger partial charge in [-0.05, 0) is 19.8 Å². The Labute approximate surface area is 130 Å². The van der Waals surface area contributed by atoms with Crippen molar-refractivity contribution in [1.29, 1.82) is 0 Å². The Morgan fingerprint density at radius 3 is 2.33 bits per heavy atom. The molecule has 18 heavy (non-hydrogen) atoms. The van der Waals surface area contributed by atoms with E-state index in [1.807, 2.05) is 13.8 Å². The molecule has 0 saturated carbocycles. The molecule has 2 N–H and O–H groups in total. The van der Waals surface area contributed by atoms with Crippen LogP contribution in [-0.4, -0.2) is 59.3 Å². The first-order valence-electron chi connectivity index (χ1n) is 5.76. The van der Waals surface area contributed by atoms with E-state index in [4.69, 9.17) is 9.84 Å². The van der Waals surface area contributed by atoms with Crippen molar-refractivity contribution in [3.05, 3.63) is 11.8 Å². The Morgan fingerprint density at radius 2 is 1.94 bits per heavy atom. The predicted molar refractivity (Wildman–Crippen MR) is 71.6 cm³/mol. The molecule has 0 aromatic rings. The Hall–Kier alpha value is -0.520. The molecule has 6 heteroatoms. The van der Waals surface area contributed by atoms with Gasteiger partial charge in [-0.2, -0.15) is 0 Å². The van der Waals surface area contributed by atoms with Crippen molar-refractivity contribution >= 4 is 41.5 Å². The van der Waals surface area contributed by atoms with Crippen molar-refractivity contribution in [2.75, 3.05) is 6.61 Å². The predicted octanol–water partition coefficient (Wildman–Crippen LogP) is 0.894. The van der Waals surface area contributed by atoms with Crippen LogP contribution in [0.2, 0.25) is 0 Å². The average molecular weight is 267 g/mol. The fourth-order valence-corrected chi connectivity index (χ4v) is 1.33. The Morgan fingerprint density at radius 1 is 1.39 bits per heavy atom. The van der Waals surface area contributed by atoms with Crippen molar-refractivity contribution < 1.29 is 19.4 Å². The third-order valence-electron chi connectivity index (χ3n) is 2.48. The first kappa shape index (κ1) is 19.8. The molecule has 0 aliphatic heterocycles. The second kappa shape index (κ2) is 10.4.